The predicted molar refractivity (Wildman–Crippen MR) is 39.2 cm³/mol. The van der Waals surface area contributed by atoms with Crippen molar-refractivity contribution >= 4 is 11.5 Å². The summed E-state index contributed by atoms with van der Waals surface area (Å²) in [5.41, 5.74) is 1.33. The normalized spacial score (nSPS) is 34.8. The van der Waals surface area contributed by atoms with Crippen molar-refractivity contribution in [1.29, 1.82) is 0 Å². The molecule has 2 aliphatic carbocycles. The molecule has 2 atom stereocenters. The van der Waals surface area contributed by atoms with Gasteiger partial charge in [0.1, 0.15) is 0 Å². The Labute approximate surface area is 63.4 Å². The smallest absolute Gasteiger partial charge is 0.0821 e. The molecule has 0 amide bonds. The number of aromatic nitrogens is 2. The fourth-order valence-corrected chi connectivity index (χ4v) is 3.12. The molecule has 1 saturated carbocycles. The molecule has 0 spiro atoms. The molecule has 1 aromatic heterocycles. The van der Waals surface area contributed by atoms with Crippen molar-refractivity contribution in [2.45, 2.75) is 31.1 Å². The first-order valence-electron chi connectivity index (χ1n) is 3.77. The van der Waals surface area contributed by atoms with Gasteiger partial charge in [-0.2, -0.15) is 0 Å². The van der Waals surface area contributed by atoms with E-state index < -0.39 is 0 Å². The molecule has 0 unspecified atom stereocenters. The Bertz CT molecular complexity index is 244. The summed E-state index contributed by atoms with van der Waals surface area (Å²) in [6, 6.07) is 0. The van der Waals surface area contributed by atoms with Crippen molar-refractivity contribution in [3.63, 3.8) is 0 Å². The topological polar surface area (TPSA) is 25.8 Å². The van der Waals surface area contributed by atoms with E-state index in [1.54, 1.807) is 11.5 Å². The molecule has 1 aromatic rings. The maximum Gasteiger partial charge on any atom is 0.0821 e. The lowest BCUT2D eigenvalue weighted by atomic mass is 10.0. The average Bonchev–Trinajstić information content (AvgIpc) is 2.60. The van der Waals surface area contributed by atoms with Crippen LogP contribution >= 0.6 is 11.5 Å². The highest BCUT2D eigenvalue weighted by atomic mass is 32.1. The van der Waals surface area contributed by atoms with E-state index in [9.17, 15) is 0 Å². The lowest BCUT2D eigenvalue weighted by Gasteiger charge is -2.04. The highest BCUT2D eigenvalue weighted by molar-refractivity contribution is 7.05. The maximum atomic E-state index is 4.15. The number of hydrogen-bond acceptors (Lipinski definition) is 3. The van der Waals surface area contributed by atoms with Crippen LogP contribution in [0.4, 0.5) is 0 Å². The summed E-state index contributed by atoms with van der Waals surface area (Å²) >= 11 is 1.61. The molecule has 0 radical (unpaired) electrons. The minimum Gasteiger partial charge on any atom is -0.143 e. The molecule has 3 rings (SSSR count). The zero-order valence-electron chi connectivity index (χ0n) is 5.58. The quantitative estimate of drug-likeness (QED) is 0.567. The van der Waals surface area contributed by atoms with Crippen molar-refractivity contribution in [3.05, 3.63) is 10.6 Å². The molecule has 0 saturated heterocycles. The van der Waals surface area contributed by atoms with Gasteiger partial charge in [0, 0.05) is 5.92 Å². The minimum absolute atomic E-state index is 0.791. The standard InChI is InChI=1S/C7H8N2S/c1-2-5-3-4(1)6-7(5)10-9-8-6/h4-5H,1-3H2/t4-,5+/m0/s1. The van der Waals surface area contributed by atoms with Crippen LogP contribution in [-0.4, -0.2) is 9.59 Å². The summed E-state index contributed by atoms with van der Waals surface area (Å²) in [5.74, 6) is 1.64. The van der Waals surface area contributed by atoms with Gasteiger partial charge >= 0.3 is 0 Å². The van der Waals surface area contributed by atoms with Gasteiger partial charge in [0.05, 0.1) is 10.6 Å². The minimum atomic E-state index is 0.791. The van der Waals surface area contributed by atoms with Gasteiger partial charge < -0.3 is 0 Å². The Morgan fingerprint density at radius 1 is 1.30 bits per heavy atom. The molecule has 52 valence electrons. The Kier molecular flexibility index (Phi) is 0.832. The van der Waals surface area contributed by atoms with Gasteiger partial charge in [0.15, 0.2) is 0 Å². The summed E-state index contributed by atoms with van der Waals surface area (Å²) in [6.07, 6.45) is 4.13. The van der Waals surface area contributed by atoms with Crippen LogP contribution in [0.5, 0.6) is 0 Å². The molecule has 0 aromatic carbocycles. The third kappa shape index (κ3) is 0.461. The van der Waals surface area contributed by atoms with Gasteiger partial charge in [-0.1, -0.05) is 4.49 Å². The molecule has 10 heavy (non-hydrogen) atoms. The van der Waals surface area contributed by atoms with Gasteiger partial charge in [-0.25, -0.2) is 0 Å². The zero-order chi connectivity index (χ0) is 6.55. The first-order chi connectivity index (χ1) is 4.95. The molecule has 2 nitrogen and oxygen atoms in total. The SMILES string of the molecule is C1C[C@@H]2C[C@H]1c1nnsc12. The summed E-state index contributed by atoms with van der Waals surface area (Å²) in [6.45, 7) is 0. The Balaban J connectivity index is 2.25. The molecule has 0 aliphatic heterocycles. The van der Waals surface area contributed by atoms with Crippen LogP contribution in [0.15, 0.2) is 0 Å². The first kappa shape index (κ1) is 5.24. The number of nitrogens with zero attached hydrogens (tertiary/aromatic N) is 2. The van der Waals surface area contributed by atoms with E-state index in [-0.39, 0.29) is 0 Å². The van der Waals surface area contributed by atoms with Gasteiger partial charge in [-0.3, -0.25) is 0 Å². The van der Waals surface area contributed by atoms with Crippen molar-refractivity contribution in [3.8, 4) is 0 Å². The van der Waals surface area contributed by atoms with Crippen molar-refractivity contribution in [2.75, 3.05) is 0 Å². The second-order valence-electron chi connectivity index (χ2n) is 3.23. The fourth-order valence-electron chi connectivity index (χ4n) is 2.24. The Hall–Kier alpha value is -0.440. The summed E-state index contributed by atoms with van der Waals surface area (Å²) in [7, 11) is 0. The number of fused-ring (bicyclic) bond motifs is 5. The summed E-state index contributed by atoms with van der Waals surface area (Å²) in [4.78, 5) is 1.50. The van der Waals surface area contributed by atoms with Gasteiger partial charge in [0.2, 0.25) is 0 Å². The van der Waals surface area contributed by atoms with Crippen molar-refractivity contribution < 1.29 is 0 Å². The highest BCUT2D eigenvalue weighted by Crippen LogP contribution is 2.53. The first-order valence-corrected chi connectivity index (χ1v) is 4.54. The largest absolute Gasteiger partial charge is 0.143 e. The van der Waals surface area contributed by atoms with Crippen LogP contribution in [0.25, 0.3) is 0 Å². The molecular weight excluding hydrogens is 144 g/mol. The van der Waals surface area contributed by atoms with E-state index in [0.717, 1.165) is 11.8 Å². The number of rotatable bonds is 0. The van der Waals surface area contributed by atoms with Crippen LogP contribution < -0.4 is 0 Å². The summed E-state index contributed by atoms with van der Waals surface area (Å²) < 4.78 is 3.98. The molecule has 2 aliphatic rings. The average molecular weight is 152 g/mol. The lowest BCUT2D eigenvalue weighted by molar-refractivity contribution is 0.701. The molecule has 1 heterocycles. The Morgan fingerprint density at radius 2 is 2.20 bits per heavy atom. The van der Waals surface area contributed by atoms with Gasteiger partial charge in [0.25, 0.3) is 0 Å². The molecular formula is C7H8N2S. The van der Waals surface area contributed by atoms with Gasteiger partial charge in [-0.05, 0) is 36.7 Å². The van der Waals surface area contributed by atoms with E-state index in [0.29, 0.717) is 0 Å². The second kappa shape index (κ2) is 1.59. The van der Waals surface area contributed by atoms with Crippen LogP contribution in [0.1, 0.15) is 41.7 Å². The van der Waals surface area contributed by atoms with Crippen LogP contribution in [0.3, 0.4) is 0 Å². The molecule has 0 N–H and O–H groups in total. The maximum absolute atomic E-state index is 4.15. The Morgan fingerprint density at radius 3 is 3.10 bits per heavy atom. The molecule has 3 heteroatoms. The van der Waals surface area contributed by atoms with Gasteiger partial charge in [-0.15, -0.1) is 5.10 Å². The van der Waals surface area contributed by atoms with E-state index in [2.05, 4.69) is 9.59 Å². The lowest BCUT2D eigenvalue weighted by Crippen LogP contribution is -1.93. The van der Waals surface area contributed by atoms with E-state index >= 15 is 0 Å². The monoisotopic (exact) mass is 152 g/mol. The van der Waals surface area contributed by atoms with Crippen LogP contribution in [0, 0.1) is 0 Å². The predicted octanol–water partition coefficient (Wildman–Crippen LogP) is 1.90. The van der Waals surface area contributed by atoms with Crippen LogP contribution in [-0.2, 0) is 0 Å². The zero-order valence-corrected chi connectivity index (χ0v) is 6.40. The summed E-state index contributed by atoms with van der Waals surface area (Å²) in [5, 5.41) is 4.15. The van der Waals surface area contributed by atoms with E-state index in [1.807, 2.05) is 0 Å². The molecule has 1 fully saturated rings. The van der Waals surface area contributed by atoms with Crippen molar-refractivity contribution in [2.24, 2.45) is 0 Å². The third-order valence-electron chi connectivity index (χ3n) is 2.73. The van der Waals surface area contributed by atoms with E-state index in [1.165, 1.54) is 29.8 Å². The second-order valence-corrected chi connectivity index (χ2v) is 4.02. The van der Waals surface area contributed by atoms with Crippen LogP contribution in [0.2, 0.25) is 0 Å². The van der Waals surface area contributed by atoms with Crippen molar-refractivity contribution in [1.82, 2.24) is 9.59 Å². The highest BCUT2D eigenvalue weighted by Gasteiger charge is 2.39. The fraction of sp³-hybridized carbons (Fsp3) is 0.714. The van der Waals surface area contributed by atoms with E-state index in [4.69, 9.17) is 0 Å². The third-order valence-corrected chi connectivity index (χ3v) is 3.63. The molecule has 2 bridgehead atoms. The number of hydrogen-bond donors (Lipinski definition) is 0.